The molecule has 0 radical (unpaired) electrons. The number of nitrogens with one attached hydrogen (secondary N) is 1. The number of amidine groups is 2. The van der Waals surface area contributed by atoms with Crippen molar-refractivity contribution >= 4 is 39.8 Å². The molecule has 0 unspecified atom stereocenters. The fourth-order valence-corrected chi connectivity index (χ4v) is 4.05. The molecule has 0 fully saturated rings. The van der Waals surface area contributed by atoms with E-state index in [9.17, 15) is 18.0 Å². The third kappa shape index (κ3) is 5.70. The van der Waals surface area contributed by atoms with Crippen molar-refractivity contribution in [2.75, 3.05) is 19.8 Å². The second kappa shape index (κ2) is 10.4. The van der Waals surface area contributed by atoms with Crippen LogP contribution in [0.2, 0.25) is 0 Å². The van der Waals surface area contributed by atoms with Crippen LogP contribution in [-0.4, -0.2) is 53.0 Å². The van der Waals surface area contributed by atoms with Crippen LogP contribution < -0.4 is 14.2 Å². The molecule has 2 aromatic carbocycles. The van der Waals surface area contributed by atoms with Crippen molar-refractivity contribution < 1.29 is 32.2 Å². The Morgan fingerprint density at radius 1 is 1.08 bits per heavy atom. The van der Waals surface area contributed by atoms with Crippen molar-refractivity contribution in [3.63, 3.8) is 0 Å². The van der Waals surface area contributed by atoms with Crippen LogP contribution >= 0.6 is 11.8 Å². The highest BCUT2D eigenvalue weighted by Crippen LogP contribution is 2.36. The summed E-state index contributed by atoms with van der Waals surface area (Å²) in [6, 6.07) is 12.5. The van der Waals surface area contributed by atoms with Crippen LogP contribution in [0, 0.1) is 12.3 Å². The molecule has 4 rings (SSSR count). The van der Waals surface area contributed by atoms with Crippen LogP contribution in [0.1, 0.15) is 18.1 Å². The molecule has 8 nitrogen and oxygen atoms in total. The summed E-state index contributed by atoms with van der Waals surface area (Å²) in [5.41, 5.74) is 1.36. The average molecular weight is 519 g/mol. The summed E-state index contributed by atoms with van der Waals surface area (Å²) in [5.74, 6) is 0.259. The zero-order valence-corrected chi connectivity index (χ0v) is 20.1. The molecular formula is C24H21F3N4O4S. The summed E-state index contributed by atoms with van der Waals surface area (Å²) >= 11 is 0.202. The number of carbonyl (C=O) groups is 1. The highest BCUT2D eigenvalue weighted by Gasteiger charge is 2.46. The molecule has 0 saturated heterocycles. The molecule has 188 valence electrons. The molecule has 2 heterocycles. The molecule has 0 bridgehead atoms. The Morgan fingerprint density at radius 3 is 2.58 bits per heavy atom. The summed E-state index contributed by atoms with van der Waals surface area (Å²) in [7, 11) is 0. The summed E-state index contributed by atoms with van der Waals surface area (Å²) in [6.45, 7) is 4.67. The topological polar surface area (TPSA) is 96.6 Å². The maximum atomic E-state index is 13.0. The number of fused-ring (bicyclic) bond motifs is 1. The van der Waals surface area contributed by atoms with E-state index < -0.39 is 23.0 Å². The zero-order valence-electron chi connectivity index (χ0n) is 19.3. The predicted molar refractivity (Wildman–Crippen MR) is 131 cm³/mol. The van der Waals surface area contributed by atoms with Gasteiger partial charge in [-0.25, -0.2) is 0 Å². The van der Waals surface area contributed by atoms with E-state index in [1.54, 1.807) is 25.1 Å². The number of thioether (sulfide) groups is 1. The minimum Gasteiger partial charge on any atom is -0.490 e. The third-order valence-corrected chi connectivity index (χ3v) is 5.83. The molecule has 0 saturated carbocycles. The molecule has 2 aliphatic heterocycles. The molecule has 12 heteroatoms. The quantitative estimate of drug-likeness (QED) is 0.389. The molecule has 2 aliphatic rings. The first-order chi connectivity index (χ1) is 17.2. The van der Waals surface area contributed by atoms with Gasteiger partial charge in [0.2, 0.25) is 10.2 Å². The van der Waals surface area contributed by atoms with Crippen molar-refractivity contribution in [2.24, 2.45) is 10.1 Å². The fraction of sp³-hybridized carbons (Fsp3) is 0.250. The molecule has 2 aromatic rings. The van der Waals surface area contributed by atoms with Gasteiger partial charge in [0.15, 0.2) is 17.3 Å². The molecule has 0 aliphatic carbocycles. The zero-order chi connectivity index (χ0) is 25.9. The van der Waals surface area contributed by atoms with Gasteiger partial charge in [0.1, 0.15) is 19.0 Å². The number of benzene rings is 2. The number of aliphatic imine (C=N–C) groups is 1. The van der Waals surface area contributed by atoms with Gasteiger partial charge in [-0.3, -0.25) is 10.2 Å². The Bertz CT molecular complexity index is 1290. The van der Waals surface area contributed by atoms with E-state index in [2.05, 4.69) is 10.1 Å². The first-order valence-corrected chi connectivity index (χ1v) is 11.6. The number of hydrazone groups is 1. The minimum atomic E-state index is -4.70. The van der Waals surface area contributed by atoms with Crippen LogP contribution in [0.5, 0.6) is 17.2 Å². The van der Waals surface area contributed by atoms with E-state index in [-0.39, 0.29) is 29.1 Å². The molecule has 0 spiro atoms. The van der Waals surface area contributed by atoms with Gasteiger partial charge < -0.3 is 14.2 Å². The largest absolute Gasteiger partial charge is 0.490 e. The van der Waals surface area contributed by atoms with Gasteiger partial charge in [0.25, 0.3) is 5.91 Å². The number of hydrogen-bond donors (Lipinski definition) is 1. The summed E-state index contributed by atoms with van der Waals surface area (Å²) in [4.78, 5) is 16.1. The Kier molecular flexibility index (Phi) is 7.34. The molecule has 1 amide bonds. The first kappa shape index (κ1) is 25.3. The number of amides is 1. The predicted octanol–water partition coefficient (Wildman–Crippen LogP) is 5.03. The smallest absolute Gasteiger partial charge is 0.441 e. The van der Waals surface area contributed by atoms with Crippen molar-refractivity contribution in [1.82, 2.24) is 5.01 Å². The first-order valence-electron chi connectivity index (χ1n) is 10.8. The number of rotatable bonds is 8. The van der Waals surface area contributed by atoms with Crippen LogP contribution in [0.3, 0.4) is 0 Å². The molecular weight excluding hydrogens is 497 g/mol. The molecule has 36 heavy (non-hydrogen) atoms. The lowest BCUT2D eigenvalue weighted by Gasteiger charge is -2.20. The summed E-state index contributed by atoms with van der Waals surface area (Å²) < 4.78 is 56.1. The summed E-state index contributed by atoms with van der Waals surface area (Å²) in [6.07, 6.45) is -3.35. The van der Waals surface area contributed by atoms with Crippen molar-refractivity contribution in [3.05, 3.63) is 59.2 Å². The monoisotopic (exact) mass is 518 g/mol. The van der Waals surface area contributed by atoms with Crippen molar-refractivity contribution in [3.8, 4) is 17.2 Å². The Morgan fingerprint density at radius 2 is 1.86 bits per heavy atom. The van der Waals surface area contributed by atoms with E-state index in [4.69, 9.17) is 19.6 Å². The number of nitrogens with zero attached hydrogens (tertiary/aromatic N) is 3. The number of ether oxygens (including phenoxy) is 3. The SMILES string of the molecule is CCOc1cc(C=C2C(=N)N3N=C(C(F)(F)F)SC3=NC2=O)ccc1OCCOc1cccc(C)c1. The van der Waals surface area contributed by atoms with E-state index >= 15 is 0 Å². The van der Waals surface area contributed by atoms with Gasteiger partial charge in [-0.2, -0.15) is 28.3 Å². The van der Waals surface area contributed by atoms with Gasteiger partial charge >= 0.3 is 6.18 Å². The number of hydrogen-bond acceptors (Lipinski definition) is 7. The van der Waals surface area contributed by atoms with E-state index in [0.717, 1.165) is 11.3 Å². The second-order valence-corrected chi connectivity index (χ2v) is 8.53. The van der Waals surface area contributed by atoms with Crippen molar-refractivity contribution in [1.29, 1.82) is 5.41 Å². The fourth-order valence-electron chi connectivity index (χ4n) is 3.29. The Balaban J connectivity index is 1.48. The number of aryl methyl sites for hydroxylation is 1. The molecule has 0 atom stereocenters. The lowest BCUT2D eigenvalue weighted by molar-refractivity contribution is -0.114. The van der Waals surface area contributed by atoms with Gasteiger partial charge in [-0.15, -0.1) is 0 Å². The van der Waals surface area contributed by atoms with Gasteiger partial charge in [-0.1, -0.05) is 18.2 Å². The van der Waals surface area contributed by atoms with Gasteiger partial charge in [0.05, 0.1) is 12.2 Å². The lowest BCUT2D eigenvalue weighted by atomic mass is 10.1. The number of carbonyl (C=O) groups excluding carboxylic acids is 1. The van der Waals surface area contributed by atoms with E-state index in [1.807, 2.05) is 31.2 Å². The number of alkyl halides is 3. The highest BCUT2D eigenvalue weighted by atomic mass is 32.2. The van der Waals surface area contributed by atoms with Crippen LogP contribution in [0.25, 0.3) is 6.08 Å². The molecule has 1 N–H and O–H groups in total. The van der Waals surface area contributed by atoms with Crippen molar-refractivity contribution in [2.45, 2.75) is 20.0 Å². The maximum Gasteiger partial charge on any atom is 0.441 e. The van der Waals surface area contributed by atoms with Gasteiger partial charge in [0, 0.05) is 0 Å². The summed E-state index contributed by atoms with van der Waals surface area (Å²) in [5, 5.41) is 10.8. The minimum absolute atomic E-state index is 0.200. The van der Waals surface area contributed by atoms with E-state index in [0.29, 0.717) is 35.3 Å². The van der Waals surface area contributed by atoms with Crippen LogP contribution in [-0.2, 0) is 4.79 Å². The number of halogens is 3. The van der Waals surface area contributed by atoms with E-state index in [1.165, 1.54) is 6.08 Å². The van der Waals surface area contributed by atoms with Crippen LogP contribution in [0.4, 0.5) is 13.2 Å². The standard InChI is InChI=1S/C24H21F3N4O4S/c1-3-33-19-13-15(7-8-18(19)35-10-9-34-16-6-4-5-14(2)11-16)12-17-20(28)31-23(29-21(17)32)36-22(30-31)24(25,26)27/h4-8,11-13,28H,3,9-10H2,1-2H3. The third-order valence-electron chi connectivity index (χ3n) is 4.87. The Hall–Kier alpha value is -3.80. The average Bonchev–Trinajstić information content (AvgIpc) is 3.26. The van der Waals surface area contributed by atoms with Gasteiger partial charge in [-0.05, 0) is 67.1 Å². The lowest BCUT2D eigenvalue weighted by Crippen LogP contribution is -2.35. The normalized spacial score (nSPS) is 16.6. The Labute approximate surface area is 208 Å². The maximum absolute atomic E-state index is 13.0. The second-order valence-electron chi connectivity index (χ2n) is 7.58. The highest BCUT2D eigenvalue weighted by molar-refractivity contribution is 8.27. The molecule has 0 aromatic heterocycles. The van der Waals surface area contributed by atoms with Crippen LogP contribution in [0.15, 0.2) is 58.1 Å².